The molecule has 1 heterocycles. The number of benzene rings is 1. The third-order valence-corrected chi connectivity index (χ3v) is 4.72. The Kier molecular flexibility index (Phi) is 5.33. The topological polar surface area (TPSA) is 21.3 Å². The molecule has 108 valence electrons. The van der Waals surface area contributed by atoms with Crippen LogP contribution in [0, 0.1) is 6.92 Å². The van der Waals surface area contributed by atoms with Crippen molar-refractivity contribution in [1.82, 2.24) is 5.32 Å². The van der Waals surface area contributed by atoms with Gasteiger partial charge in [-0.05, 0) is 37.2 Å². The Balaban J connectivity index is 2.46. The molecule has 0 aliphatic rings. The van der Waals surface area contributed by atoms with Gasteiger partial charge in [0, 0.05) is 20.8 Å². The lowest BCUT2D eigenvalue weighted by atomic mass is 10.0. The zero-order valence-electron chi connectivity index (χ0n) is 11.7. The summed E-state index contributed by atoms with van der Waals surface area (Å²) in [6.45, 7) is 5.02. The Morgan fingerprint density at radius 2 is 2.00 bits per heavy atom. The number of aryl methyl sites for hydroxylation is 1. The van der Waals surface area contributed by atoms with E-state index in [-0.39, 0.29) is 6.04 Å². The van der Waals surface area contributed by atoms with Crippen LogP contribution in [0.4, 0.5) is 0 Å². The van der Waals surface area contributed by atoms with Crippen LogP contribution in [0.25, 0.3) is 0 Å². The number of halogens is 2. The Labute approximate surface area is 133 Å². The molecule has 0 bridgehead atoms. The lowest BCUT2D eigenvalue weighted by Crippen LogP contribution is -2.21. The van der Waals surface area contributed by atoms with Crippen LogP contribution in [-0.2, 0) is 0 Å². The van der Waals surface area contributed by atoms with E-state index in [0.717, 1.165) is 12.1 Å². The van der Waals surface area contributed by atoms with Crippen LogP contribution in [0.3, 0.4) is 0 Å². The summed E-state index contributed by atoms with van der Waals surface area (Å²) in [7, 11) is 1.58. The summed E-state index contributed by atoms with van der Waals surface area (Å²) in [5.41, 5.74) is 0.973. The second-order valence-electron chi connectivity index (χ2n) is 4.45. The zero-order chi connectivity index (χ0) is 14.7. The molecule has 0 fully saturated rings. The van der Waals surface area contributed by atoms with Gasteiger partial charge in [0.05, 0.1) is 18.2 Å². The van der Waals surface area contributed by atoms with E-state index in [4.69, 9.17) is 27.9 Å². The van der Waals surface area contributed by atoms with Crippen LogP contribution in [0.5, 0.6) is 5.75 Å². The molecule has 0 radical (unpaired) electrons. The normalized spacial score (nSPS) is 12.4. The van der Waals surface area contributed by atoms with Crippen LogP contribution < -0.4 is 10.1 Å². The van der Waals surface area contributed by atoms with Gasteiger partial charge in [-0.15, -0.1) is 11.3 Å². The first-order valence-electron chi connectivity index (χ1n) is 6.39. The summed E-state index contributed by atoms with van der Waals surface area (Å²) in [6, 6.07) is 7.94. The van der Waals surface area contributed by atoms with E-state index >= 15 is 0 Å². The molecule has 2 nitrogen and oxygen atoms in total. The van der Waals surface area contributed by atoms with E-state index in [1.165, 1.54) is 9.75 Å². The van der Waals surface area contributed by atoms with Crippen molar-refractivity contribution in [2.45, 2.75) is 19.9 Å². The summed E-state index contributed by atoms with van der Waals surface area (Å²) in [6.07, 6.45) is 0. The standard InChI is InChI=1S/C15H17Cl2NOS/c1-4-18-15(14-6-5-9(2)20-14)10-7-12(17)13(19-3)8-11(10)16/h5-8,15,18H,4H2,1-3H3. The van der Waals surface area contributed by atoms with E-state index in [9.17, 15) is 0 Å². The Hall–Kier alpha value is -0.740. The predicted molar refractivity (Wildman–Crippen MR) is 87.6 cm³/mol. The molecule has 1 atom stereocenters. The van der Waals surface area contributed by atoms with Gasteiger partial charge in [0.15, 0.2) is 0 Å². The van der Waals surface area contributed by atoms with Crippen LogP contribution in [0.15, 0.2) is 24.3 Å². The minimum absolute atomic E-state index is 0.0506. The van der Waals surface area contributed by atoms with Crippen LogP contribution >= 0.6 is 34.5 Å². The number of nitrogens with one attached hydrogen (secondary N) is 1. The first-order chi connectivity index (χ1) is 9.56. The second kappa shape index (κ2) is 6.81. The molecule has 5 heteroatoms. The number of methoxy groups -OCH3 is 1. The third kappa shape index (κ3) is 3.29. The molecule has 1 unspecified atom stereocenters. The SMILES string of the molecule is CCNC(c1ccc(C)s1)c1cc(Cl)c(OC)cc1Cl. The van der Waals surface area contributed by atoms with Crippen molar-refractivity contribution in [2.75, 3.05) is 13.7 Å². The maximum Gasteiger partial charge on any atom is 0.138 e. The predicted octanol–water partition coefficient (Wildman–Crippen LogP) is 5.07. The molecule has 0 saturated heterocycles. The molecule has 0 aliphatic carbocycles. The molecular weight excluding hydrogens is 313 g/mol. The number of hydrogen-bond acceptors (Lipinski definition) is 3. The number of ether oxygens (including phenoxy) is 1. The van der Waals surface area contributed by atoms with Gasteiger partial charge in [-0.3, -0.25) is 0 Å². The van der Waals surface area contributed by atoms with E-state index < -0.39 is 0 Å². The van der Waals surface area contributed by atoms with Gasteiger partial charge in [-0.1, -0.05) is 30.1 Å². The summed E-state index contributed by atoms with van der Waals surface area (Å²) < 4.78 is 5.20. The highest BCUT2D eigenvalue weighted by Crippen LogP contribution is 2.37. The summed E-state index contributed by atoms with van der Waals surface area (Å²) in [4.78, 5) is 2.51. The lowest BCUT2D eigenvalue weighted by Gasteiger charge is -2.19. The molecule has 1 aromatic carbocycles. The Morgan fingerprint density at radius 1 is 1.25 bits per heavy atom. The number of hydrogen-bond donors (Lipinski definition) is 1. The first kappa shape index (κ1) is 15.6. The molecule has 0 aliphatic heterocycles. The largest absolute Gasteiger partial charge is 0.495 e. The van der Waals surface area contributed by atoms with Gasteiger partial charge in [-0.25, -0.2) is 0 Å². The third-order valence-electron chi connectivity index (χ3n) is 3.04. The fourth-order valence-electron chi connectivity index (χ4n) is 2.10. The van der Waals surface area contributed by atoms with Gasteiger partial charge in [-0.2, -0.15) is 0 Å². The lowest BCUT2D eigenvalue weighted by molar-refractivity contribution is 0.414. The molecule has 2 aromatic rings. The Bertz CT molecular complexity index is 598. The quantitative estimate of drug-likeness (QED) is 0.826. The molecule has 2 rings (SSSR count). The average Bonchev–Trinajstić information content (AvgIpc) is 2.85. The monoisotopic (exact) mass is 329 g/mol. The summed E-state index contributed by atoms with van der Waals surface area (Å²) in [5, 5.41) is 4.69. The van der Waals surface area contributed by atoms with Crippen molar-refractivity contribution >= 4 is 34.5 Å². The fourth-order valence-corrected chi connectivity index (χ4v) is 3.58. The van der Waals surface area contributed by atoms with Crippen LogP contribution in [-0.4, -0.2) is 13.7 Å². The minimum atomic E-state index is 0.0506. The fraction of sp³-hybridized carbons (Fsp3) is 0.333. The van der Waals surface area contributed by atoms with Crippen molar-refractivity contribution in [1.29, 1.82) is 0 Å². The number of rotatable bonds is 5. The van der Waals surface area contributed by atoms with Crippen LogP contribution in [0.1, 0.15) is 28.3 Å². The Morgan fingerprint density at radius 3 is 2.55 bits per heavy atom. The molecule has 0 amide bonds. The molecule has 1 aromatic heterocycles. The van der Waals surface area contributed by atoms with Crippen molar-refractivity contribution < 1.29 is 4.74 Å². The number of thiophene rings is 1. The summed E-state index contributed by atoms with van der Waals surface area (Å²) in [5.74, 6) is 0.595. The first-order valence-corrected chi connectivity index (χ1v) is 7.96. The van der Waals surface area contributed by atoms with E-state index in [1.54, 1.807) is 24.5 Å². The van der Waals surface area contributed by atoms with Crippen molar-refractivity contribution in [2.24, 2.45) is 0 Å². The highest BCUT2D eigenvalue weighted by molar-refractivity contribution is 7.12. The van der Waals surface area contributed by atoms with Crippen molar-refractivity contribution in [3.63, 3.8) is 0 Å². The highest BCUT2D eigenvalue weighted by atomic mass is 35.5. The molecular formula is C15H17Cl2NOS. The van der Waals surface area contributed by atoms with Gasteiger partial charge >= 0.3 is 0 Å². The molecule has 1 N–H and O–H groups in total. The van der Waals surface area contributed by atoms with Gasteiger partial charge in [0.25, 0.3) is 0 Å². The molecule has 20 heavy (non-hydrogen) atoms. The van der Waals surface area contributed by atoms with E-state index in [0.29, 0.717) is 15.8 Å². The molecule has 0 spiro atoms. The maximum absolute atomic E-state index is 6.39. The van der Waals surface area contributed by atoms with Gasteiger partial charge in [0.2, 0.25) is 0 Å². The van der Waals surface area contributed by atoms with Crippen molar-refractivity contribution in [3.8, 4) is 5.75 Å². The maximum atomic E-state index is 6.39. The van der Waals surface area contributed by atoms with Crippen LogP contribution in [0.2, 0.25) is 10.0 Å². The smallest absolute Gasteiger partial charge is 0.138 e. The van der Waals surface area contributed by atoms with Gasteiger partial charge in [0.1, 0.15) is 5.75 Å². The van der Waals surface area contributed by atoms with Crippen molar-refractivity contribution in [3.05, 3.63) is 49.6 Å². The summed E-state index contributed by atoms with van der Waals surface area (Å²) >= 11 is 14.4. The van der Waals surface area contributed by atoms with E-state index in [1.807, 2.05) is 6.07 Å². The average molecular weight is 330 g/mol. The zero-order valence-corrected chi connectivity index (χ0v) is 14.0. The van der Waals surface area contributed by atoms with Gasteiger partial charge < -0.3 is 10.1 Å². The second-order valence-corrected chi connectivity index (χ2v) is 6.58. The van der Waals surface area contributed by atoms with E-state index in [2.05, 4.69) is 31.3 Å². The minimum Gasteiger partial charge on any atom is -0.495 e. The molecule has 0 saturated carbocycles. The highest BCUT2D eigenvalue weighted by Gasteiger charge is 2.19.